The Morgan fingerprint density at radius 2 is 0.867 bits per heavy atom. The van der Waals surface area contributed by atoms with Gasteiger partial charge in [-0.05, 0) is 79.7 Å². The Morgan fingerprint density at radius 1 is 0.567 bits per heavy atom. The molecule has 4 nitrogen and oxygen atoms in total. The molecule has 2 aromatic rings. The Kier molecular flexibility index (Phi) is 5.45. The molecule has 160 valence electrons. The summed E-state index contributed by atoms with van der Waals surface area (Å²) < 4.78 is 26.8. The van der Waals surface area contributed by atoms with Gasteiger partial charge in [0, 0.05) is 19.3 Å². The van der Waals surface area contributed by atoms with Crippen molar-refractivity contribution in [2.45, 2.75) is 77.8 Å². The van der Waals surface area contributed by atoms with Gasteiger partial charge in [0.25, 0.3) is 0 Å². The number of rotatable bonds is 4. The van der Waals surface area contributed by atoms with E-state index in [1.54, 1.807) is 22.7 Å². The Bertz CT molecular complexity index is 850. The highest BCUT2D eigenvalue weighted by atomic mass is 32.1. The molecule has 0 aromatic carbocycles. The average Bonchev–Trinajstić information content (AvgIpc) is 3.33. The van der Waals surface area contributed by atoms with Gasteiger partial charge in [0.15, 0.2) is 0 Å². The maximum absolute atomic E-state index is 6.16. The highest BCUT2D eigenvalue weighted by Crippen LogP contribution is 2.38. The molecule has 2 aromatic heterocycles. The summed E-state index contributed by atoms with van der Waals surface area (Å²) in [5, 5.41) is 0. The quantitative estimate of drug-likeness (QED) is 0.648. The second-order valence-corrected chi connectivity index (χ2v) is 12.3. The van der Waals surface area contributed by atoms with Gasteiger partial charge < -0.3 is 18.6 Å². The van der Waals surface area contributed by atoms with Crippen LogP contribution in [-0.4, -0.2) is 36.6 Å². The summed E-state index contributed by atoms with van der Waals surface area (Å²) in [5.74, 6) is 0. The van der Waals surface area contributed by atoms with Gasteiger partial charge in [-0.15, -0.1) is 22.7 Å². The summed E-state index contributed by atoms with van der Waals surface area (Å²) in [4.78, 5) is 2.34. The third-order valence-electron chi connectivity index (χ3n) is 6.68. The van der Waals surface area contributed by atoms with Crippen molar-refractivity contribution < 1.29 is 18.6 Å². The first-order chi connectivity index (χ1) is 13.8. The lowest BCUT2D eigenvalue weighted by Crippen LogP contribution is -2.41. The lowest BCUT2D eigenvalue weighted by atomic mass is 9.88. The number of thiophene rings is 2. The maximum Gasteiger partial charge on any atom is 0.505 e. The van der Waals surface area contributed by atoms with E-state index in [9.17, 15) is 0 Å². The summed E-state index contributed by atoms with van der Waals surface area (Å²) in [6, 6.07) is 8.42. The third-order valence-corrected chi connectivity index (χ3v) is 8.82. The van der Waals surface area contributed by atoms with E-state index in [-0.39, 0.29) is 36.6 Å². The molecule has 0 unspecified atom stereocenters. The number of hydrogen-bond acceptors (Lipinski definition) is 6. The van der Waals surface area contributed by atoms with E-state index < -0.39 is 0 Å². The molecular weight excluding hydrogens is 414 g/mol. The van der Waals surface area contributed by atoms with Gasteiger partial charge in [-0.3, -0.25) is 0 Å². The fourth-order valence-corrected chi connectivity index (χ4v) is 5.00. The molecule has 0 atom stereocenters. The van der Waals surface area contributed by atoms with Crippen LogP contribution >= 0.6 is 22.7 Å². The fraction of sp³-hybridized carbons (Fsp3) is 0.545. The van der Waals surface area contributed by atoms with Crippen LogP contribution in [0.2, 0.25) is 0 Å². The monoisotopic (exact) mass is 444 g/mol. The van der Waals surface area contributed by atoms with Gasteiger partial charge in [-0.1, -0.05) is 12.1 Å². The van der Waals surface area contributed by atoms with Crippen molar-refractivity contribution in [2.24, 2.45) is 0 Å². The van der Waals surface area contributed by atoms with E-state index in [1.807, 2.05) is 0 Å². The largest absolute Gasteiger partial charge is 0.505 e. The van der Waals surface area contributed by atoms with Crippen LogP contribution < -0.4 is 9.55 Å². The number of hydrogen-bond donors (Lipinski definition) is 0. The van der Waals surface area contributed by atoms with E-state index in [0.29, 0.717) is 0 Å². The van der Waals surface area contributed by atoms with Crippen molar-refractivity contribution in [3.8, 4) is 0 Å². The van der Waals surface area contributed by atoms with Crippen molar-refractivity contribution in [3.63, 3.8) is 0 Å². The van der Waals surface area contributed by atoms with Crippen LogP contribution in [0.4, 0.5) is 0 Å². The molecule has 2 aliphatic rings. The van der Waals surface area contributed by atoms with E-state index >= 15 is 0 Å². The minimum Gasteiger partial charge on any atom is -0.399 e. The topological polar surface area (TPSA) is 36.9 Å². The van der Waals surface area contributed by atoms with E-state index in [0.717, 1.165) is 9.55 Å². The van der Waals surface area contributed by atoms with Crippen LogP contribution in [0.1, 0.15) is 65.1 Å². The van der Waals surface area contributed by atoms with Crippen LogP contribution in [0.15, 0.2) is 24.3 Å². The van der Waals surface area contributed by atoms with Gasteiger partial charge in [-0.25, -0.2) is 0 Å². The molecule has 4 heterocycles. The highest BCUT2D eigenvalue weighted by Gasteiger charge is 2.53. The van der Waals surface area contributed by atoms with Gasteiger partial charge in [0.1, 0.15) is 0 Å². The molecule has 2 saturated heterocycles. The van der Waals surface area contributed by atoms with Crippen LogP contribution in [0, 0.1) is 0 Å². The molecule has 0 spiro atoms. The smallest absolute Gasteiger partial charge is 0.399 e. The Balaban J connectivity index is 1.43. The standard InChI is InChI=1S/C22H30B2O4S2/c1-19(2)20(3,4)26-23(25-19)17-13-11-15(29-17)9-10-16-12-14-18(30-16)24-27-21(5,6)22(7,8)28-24/h9-14H,1-8H3/b10-9+. The van der Waals surface area contributed by atoms with Gasteiger partial charge in [0.05, 0.1) is 22.4 Å². The van der Waals surface area contributed by atoms with Crippen LogP contribution in [-0.2, 0) is 18.6 Å². The second kappa shape index (κ2) is 7.32. The first kappa shape index (κ1) is 22.3. The zero-order chi connectivity index (χ0) is 21.9. The van der Waals surface area contributed by atoms with Crippen molar-refractivity contribution in [2.75, 3.05) is 0 Å². The minimum atomic E-state index is -0.321. The molecule has 2 aliphatic heterocycles. The highest BCUT2D eigenvalue weighted by molar-refractivity contribution is 7.24. The predicted molar refractivity (Wildman–Crippen MR) is 129 cm³/mol. The molecule has 0 saturated carbocycles. The summed E-state index contributed by atoms with van der Waals surface area (Å²) >= 11 is 3.40. The first-order valence-electron chi connectivity index (χ1n) is 10.4. The van der Waals surface area contributed by atoms with Crippen molar-refractivity contribution in [1.29, 1.82) is 0 Å². The SMILES string of the molecule is CC1(C)OB(c2ccc(/C=C/c3ccc(B4OC(C)(C)C(C)(C)O4)s3)s2)OC1(C)C. The van der Waals surface area contributed by atoms with Gasteiger partial charge in [-0.2, -0.15) is 0 Å². The third kappa shape index (κ3) is 3.98. The minimum absolute atomic E-state index is 0.307. The Hall–Kier alpha value is -0.890. The zero-order valence-electron chi connectivity index (χ0n) is 19.1. The lowest BCUT2D eigenvalue weighted by molar-refractivity contribution is 0.00578. The zero-order valence-corrected chi connectivity index (χ0v) is 20.7. The molecular formula is C22H30B2O4S2. The van der Waals surface area contributed by atoms with E-state index in [1.165, 1.54) is 9.75 Å². The fourth-order valence-electron chi connectivity index (χ4n) is 3.25. The van der Waals surface area contributed by atoms with Crippen molar-refractivity contribution in [3.05, 3.63) is 34.0 Å². The molecule has 30 heavy (non-hydrogen) atoms. The van der Waals surface area contributed by atoms with E-state index in [2.05, 4.69) is 91.8 Å². The molecule has 0 bridgehead atoms. The maximum atomic E-state index is 6.16. The summed E-state index contributed by atoms with van der Waals surface area (Å²) in [5.41, 5.74) is -1.28. The molecule has 0 amide bonds. The molecule has 0 radical (unpaired) electrons. The molecule has 0 N–H and O–H groups in total. The molecule has 0 aliphatic carbocycles. The van der Waals surface area contributed by atoms with Crippen molar-refractivity contribution >= 4 is 58.6 Å². The summed E-state index contributed by atoms with van der Waals surface area (Å²) in [6.45, 7) is 16.6. The van der Waals surface area contributed by atoms with Crippen molar-refractivity contribution in [1.82, 2.24) is 0 Å². The average molecular weight is 444 g/mol. The second-order valence-electron chi connectivity index (χ2n) is 9.99. The van der Waals surface area contributed by atoms with Gasteiger partial charge >= 0.3 is 14.2 Å². The van der Waals surface area contributed by atoms with Crippen LogP contribution in [0.3, 0.4) is 0 Å². The lowest BCUT2D eigenvalue weighted by Gasteiger charge is -2.32. The molecule has 2 fully saturated rings. The van der Waals surface area contributed by atoms with Crippen LogP contribution in [0.25, 0.3) is 12.2 Å². The normalized spacial score (nSPS) is 24.3. The first-order valence-corrected chi connectivity index (χ1v) is 12.0. The summed E-state index contributed by atoms with van der Waals surface area (Å²) in [6.07, 6.45) is 4.28. The van der Waals surface area contributed by atoms with Gasteiger partial charge in [0.2, 0.25) is 0 Å². The Morgan fingerprint density at radius 3 is 1.17 bits per heavy atom. The van der Waals surface area contributed by atoms with Crippen LogP contribution in [0.5, 0.6) is 0 Å². The predicted octanol–water partition coefficient (Wildman–Crippen LogP) is 4.58. The summed E-state index contributed by atoms with van der Waals surface area (Å²) in [7, 11) is -0.613. The molecule has 8 heteroatoms. The Labute approximate surface area is 188 Å². The molecule has 4 rings (SSSR count). The van der Waals surface area contributed by atoms with E-state index in [4.69, 9.17) is 18.6 Å².